The predicted molar refractivity (Wildman–Crippen MR) is 295 cm³/mol. The van der Waals surface area contributed by atoms with Gasteiger partial charge in [0.1, 0.15) is 11.6 Å². The van der Waals surface area contributed by atoms with Crippen molar-refractivity contribution in [3.05, 3.63) is 48.6 Å². The fourth-order valence-corrected chi connectivity index (χ4v) is 7.51. The fraction of sp³-hybridized carbons (Fsp3) is 0.831. The van der Waals surface area contributed by atoms with Gasteiger partial charge in [-0.1, -0.05) is 225 Å². The summed E-state index contributed by atoms with van der Waals surface area (Å²) in [4.78, 5) is 23.8. The predicted octanol–water partition coefficient (Wildman–Crippen LogP) is 19.5. The molecule has 0 aromatic carbocycles. The van der Waals surface area contributed by atoms with E-state index in [0.717, 1.165) is 89.9 Å². The summed E-state index contributed by atoms with van der Waals surface area (Å²) in [6.45, 7) is 6.95. The van der Waals surface area contributed by atoms with E-state index in [9.17, 15) is 9.59 Å². The van der Waals surface area contributed by atoms with Gasteiger partial charge in [-0.25, -0.2) is 0 Å². The first-order valence-corrected chi connectivity index (χ1v) is 28.0. The molecule has 0 saturated carbocycles. The lowest BCUT2D eigenvalue weighted by atomic mass is 10.0. The van der Waals surface area contributed by atoms with E-state index in [1.54, 1.807) is 0 Å². The standard InChI is InChI=1S/2C28H52O2.CH5P.2CH4/c2*1-2-3-4-5-6-7-8-9-10-11-12-13-14-15-16-19-22-25-28(30)26-23-20-17-18-21-24-27-29;1-2;;/h2*6-7,9-10,29H,2-5,8,11-27H2,1H3;2H2,1H3;2*1H4/b2*7-6-,10-9-;;;/i;;2D;;. The van der Waals surface area contributed by atoms with Crippen LogP contribution in [0.1, 0.15) is 298 Å². The lowest BCUT2D eigenvalue weighted by molar-refractivity contribution is -0.120. The van der Waals surface area contributed by atoms with Gasteiger partial charge in [0, 0.05) is 38.9 Å². The molecule has 0 spiro atoms. The number of rotatable bonds is 48. The van der Waals surface area contributed by atoms with Crippen molar-refractivity contribution >= 4 is 20.8 Å². The maximum absolute atomic E-state index is 11.9. The molecule has 0 aliphatic heterocycles. The number of unbranched alkanes of at least 4 members (excludes halogenated alkanes) is 30. The van der Waals surface area contributed by atoms with Crippen LogP contribution in [0.25, 0.3) is 0 Å². The summed E-state index contributed by atoms with van der Waals surface area (Å²) in [5.74, 6) is 0.931. The molecule has 0 radical (unpaired) electrons. The Morgan fingerprint density at radius 1 is 0.359 bits per heavy atom. The quantitative estimate of drug-likeness (QED) is 0.0362. The van der Waals surface area contributed by atoms with Crippen LogP contribution in [0.5, 0.6) is 0 Å². The summed E-state index contributed by atoms with van der Waals surface area (Å²) < 4.78 is 6.24. The molecule has 5 heteroatoms. The van der Waals surface area contributed by atoms with Crippen molar-refractivity contribution in [2.75, 3.05) is 19.9 Å². The zero-order chi connectivity index (χ0) is 46.6. The number of ketones is 2. The Hall–Kier alpha value is -1.35. The molecule has 0 rings (SSSR count). The molecule has 0 heterocycles. The molecule has 1 unspecified atom stereocenters. The van der Waals surface area contributed by atoms with E-state index >= 15 is 0 Å². The monoisotopic (exact) mass is 922 g/mol. The van der Waals surface area contributed by atoms with Crippen molar-refractivity contribution in [2.45, 2.75) is 298 Å². The topological polar surface area (TPSA) is 74.6 Å². The lowest BCUT2D eigenvalue weighted by Crippen LogP contribution is -1.97. The van der Waals surface area contributed by atoms with Crippen molar-refractivity contribution in [3.8, 4) is 0 Å². The molecule has 64 heavy (non-hydrogen) atoms. The number of carbonyl (C=O) groups excluding carboxylic acids is 2. The molecule has 4 nitrogen and oxygen atoms in total. The third kappa shape index (κ3) is 72.3. The molecular formula is C59H117O4P. The number of carbonyl (C=O) groups is 2. The van der Waals surface area contributed by atoms with E-state index in [2.05, 4.69) is 62.5 Å². The highest BCUT2D eigenvalue weighted by atomic mass is 31.0. The minimum atomic E-state index is 0. The second kappa shape index (κ2) is 70.7. The Labute approximate surface area is 407 Å². The van der Waals surface area contributed by atoms with Crippen molar-refractivity contribution in [1.29, 1.82) is 1.28 Å². The van der Waals surface area contributed by atoms with Crippen LogP contribution in [0.15, 0.2) is 48.6 Å². The van der Waals surface area contributed by atoms with Gasteiger partial charge in [-0.3, -0.25) is 9.59 Å². The second-order valence-corrected chi connectivity index (χ2v) is 17.6. The first kappa shape index (κ1) is 69.2. The zero-order valence-corrected chi connectivity index (χ0v) is 42.9. The van der Waals surface area contributed by atoms with Crippen LogP contribution < -0.4 is 0 Å². The number of allylic oxidation sites excluding steroid dienone is 8. The number of aliphatic hydroxyl groups is 2. The van der Waals surface area contributed by atoms with Gasteiger partial charge in [0.25, 0.3) is 0 Å². The van der Waals surface area contributed by atoms with Crippen molar-refractivity contribution in [3.63, 3.8) is 0 Å². The zero-order valence-electron chi connectivity index (χ0n) is 42.9. The van der Waals surface area contributed by atoms with Gasteiger partial charge in [-0.2, -0.15) is 0 Å². The molecule has 0 bridgehead atoms. The molecule has 1 atom stereocenters. The maximum Gasteiger partial charge on any atom is 0.132 e. The van der Waals surface area contributed by atoms with E-state index < -0.39 is 0 Å². The minimum absolute atomic E-state index is 0. The molecule has 0 aliphatic carbocycles. The molecule has 0 aliphatic rings. The Kier molecular flexibility index (Phi) is 76.4. The molecular weight excluding hydrogens is 804 g/mol. The average Bonchev–Trinajstić information content (AvgIpc) is 3.28. The molecule has 0 saturated heterocycles. The SMILES string of the molecule is C.C.CCCCC/C=C\C/C=C\CCCCCCCCCC(=O)CCCCCCCCO.CCCCC/C=C\C/C=C\CCCCCCCCCC(=O)CCCCCCCCO.[2H]PC. The Morgan fingerprint density at radius 3 is 0.797 bits per heavy atom. The maximum atomic E-state index is 11.9. The molecule has 0 fully saturated rings. The Morgan fingerprint density at radius 2 is 0.562 bits per heavy atom. The van der Waals surface area contributed by atoms with E-state index in [-0.39, 0.29) is 14.9 Å². The minimum Gasteiger partial charge on any atom is -0.396 e. The van der Waals surface area contributed by atoms with Crippen molar-refractivity contribution in [2.24, 2.45) is 0 Å². The molecule has 0 aromatic rings. The van der Waals surface area contributed by atoms with Crippen LogP contribution in [0, 0.1) is 0 Å². The van der Waals surface area contributed by atoms with Gasteiger partial charge in [-0.15, -0.1) is 9.18 Å². The van der Waals surface area contributed by atoms with E-state index in [4.69, 9.17) is 11.5 Å². The number of hydrogen-bond acceptors (Lipinski definition) is 4. The highest BCUT2D eigenvalue weighted by molar-refractivity contribution is 7.15. The lowest BCUT2D eigenvalue weighted by Gasteiger charge is -2.03. The first-order valence-electron chi connectivity index (χ1n) is 27.5. The molecule has 2 N–H and O–H groups in total. The average molecular weight is 923 g/mol. The number of aliphatic hydroxyl groups excluding tert-OH is 2. The third-order valence-electron chi connectivity index (χ3n) is 11.5. The van der Waals surface area contributed by atoms with Crippen molar-refractivity contribution < 1.29 is 19.8 Å². The van der Waals surface area contributed by atoms with Gasteiger partial charge in [0.15, 0.2) is 0 Å². The summed E-state index contributed by atoms with van der Waals surface area (Å²) in [5.41, 5.74) is 0. The highest BCUT2D eigenvalue weighted by Crippen LogP contribution is 2.15. The van der Waals surface area contributed by atoms with Crippen LogP contribution in [-0.4, -0.2) is 42.9 Å². The largest absolute Gasteiger partial charge is 0.396 e. The number of hydrogen-bond donors (Lipinski definition) is 2. The first-order chi connectivity index (χ1) is 31.0. The van der Waals surface area contributed by atoms with Crippen LogP contribution in [-0.2, 0) is 9.59 Å². The van der Waals surface area contributed by atoms with Gasteiger partial charge in [0.2, 0.25) is 0 Å². The van der Waals surface area contributed by atoms with Gasteiger partial charge in [-0.05, 0) is 103 Å². The van der Waals surface area contributed by atoms with Crippen LogP contribution >= 0.6 is 9.18 Å². The summed E-state index contributed by atoms with van der Waals surface area (Å²) in [7, 11) is 0.333. The van der Waals surface area contributed by atoms with Crippen LogP contribution in [0.3, 0.4) is 0 Å². The Balaban J connectivity index is -0.000000338. The summed E-state index contributed by atoms with van der Waals surface area (Å²) in [5, 5.41) is 17.5. The van der Waals surface area contributed by atoms with E-state index in [1.165, 1.54) is 180 Å². The van der Waals surface area contributed by atoms with Crippen LogP contribution in [0.4, 0.5) is 0 Å². The molecule has 0 amide bonds. The van der Waals surface area contributed by atoms with Gasteiger partial charge in [0.05, 0.1) is 1.28 Å². The van der Waals surface area contributed by atoms with E-state index in [1.807, 2.05) is 6.66 Å². The van der Waals surface area contributed by atoms with Gasteiger partial charge >= 0.3 is 0 Å². The van der Waals surface area contributed by atoms with Crippen LogP contribution in [0.2, 0.25) is 0 Å². The molecule has 382 valence electrons. The number of Topliss-reactive ketones (excluding diaryl/α,β-unsaturated/α-hetero) is 2. The van der Waals surface area contributed by atoms with E-state index in [0.29, 0.717) is 34.0 Å². The van der Waals surface area contributed by atoms with Gasteiger partial charge < -0.3 is 10.2 Å². The fourth-order valence-electron chi connectivity index (χ4n) is 7.51. The third-order valence-corrected chi connectivity index (χ3v) is 11.5. The smallest absolute Gasteiger partial charge is 0.132 e. The normalized spacial score (nSPS) is 11.5. The highest BCUT2D eigenvalue weighted by Gasteiger charge is 2.03. The van der Waals surface area contributed by atoms with Crippen molar-refractivity contribution in [1.82, 2.24) is 0 Å². The Bertz CT molecular complexity index is 901. The summed E-state index contributed by atoms with van der Waals surface area (Å²) in [6, 6.07) is 0. The summed E-state index contributed by atoms with van der Waals surface area (Å²) >= 11 is 0. The second-order valence-electron chi connectivity index (χ2n) is 17.6. The molecule has 0 aromatic heterocycles. The summed E-state index contributed by atoms with van der Waals surface area (Å²) in [6.07, 6.45) is 68.0.